The summed E-state index contributed by atoms with van der Waals surface area (Å²) in [5.41, 5.74) is 0.668. The van der Waals surface area contributed by atoms with Gasteiger partial charge < -0.3 is 14.4 Å². The van der Waals surface area contributed by atoms with Gasteiger partial charge in [-0.05, 0) is 30.9 Å². The van der Waals surface area contributed by atoms with E-state index in [1.807, 2.05) is 29.2 Å². The fraction of sp³-hybridized carbons (Fsp3) is 0.611. The second kappa shape index (κ2) is 7.79. The molecule has 0 aliphatic carbocycles. The SMILES string of the molecule is COc1ccccc1C(=O)N1CCC(CN2CCOCC2)CC1. The number of para-hydroxylation sites is 1. The summed E-state index contributed by atoms with van der Waals surface area (Å²) in [5.74, 6) is 1.44. The highest BCUT2D eigenvalue weighted by Crippen LogP contribution is 2.24. The number of hydrogen-bond donors (Lipinski definition) is 0. The molecule has 2 heterocycles. The van der Waals surface area contributed by atoms with E-state index < -0.39 is 0 Å². The summed E-state index contributed by atoms with van der Waals surface area (Å²) in [7, 11) is 1.61. The number of benzene rings is 1. The third-order valence-corrected chi connectivity index (χ3v) is 4.86. The normalized spacial score (nSPS) is 20.5. The van der Waals surface area contributed by atoms with E-state index >= 15 is 0 Å². The first-order valence-electron chi connectivity index (χ1n) is 8.50. The molecule has 3 rings (SSSR count). The van der Waals surface area contributed by atoms with Crippen LogP contribution in [0.15, 0.2) is 24.3 Å². The van der Waals surface area contributed by atoms with Crippen molar-refractivity contribution in [3.05, 3.63) is 29.8 Å². The average molecular weight is 318 g/mol. The van der Waals surface area contributed by atoms with Crippen molar-refractivity contribution in [2.75, 3.05) is 53.0 Å². The number of ether oxygens (including phenoxy) is 2. The van der Waals surface area contributed by atoms with Gasteiger partial charge >= 0.3 is 0 Å². The van der Waals surface area contributed by atoms with E-state index in [9.17, 15) is 4.79 Å². The van der Waals surface area contributed by atoms with Gasteiger partial charge in [0.25, 0.3) is 5.91 Å². The maximum Gasteiger partial charge on any atom is 0.257 e. The molecule has 0 saturated carbocycles. The Labute approximate surface area is 138 Å². The first-order chi connectivity index (χ1) is 11.3. The summed E-state index contributed by atoms with van der Waals surface area (Å²) in [6.45, 7) is 6.61. The van der Waals surface area contributed by atoms with Gasteiger partial charge in [-0.2, -0.15) is 0 Å². The second-order valence-electron chi connectivity index (χ2n) is 6.35. The minimum Gasteiger partial charge on any atom is -0.496 e. The fourth-order valence-corrected chi connectivity index (χ4v) is 3.46. The van der Waals surface area contributed by atoms with Gasteiger partial charge in [-0.1, -0.05) is 12.1 Å². The van der Waals surface area contributed by atoms with Crippen LogP contribution in [0.2, 0.25) is 0 Å². The average Bonchev–Trinajstić information content (AvgIpc) is 2.62. The lowest BCUT2D eigenvalue weighted by molar-refractivity contribution is 0.0242. The van der Waals surface area contributed by atoms with Crippen LogP contribution in [0.3, 0.4) is 0 Å². The van der Waals surface area contributed by atoms with Crippen LogP contribution in [0.25, 0.3) is 0 Å². The zero-order valence-electron chi connectivity index (χ0n) is 13.9. The highest BCUT2D eigenvalue weighted by atomic mass is 16.5. The standard InChI is InChI=1S/C18H26N2O3/c1-22-17-5-3-2-4-16(17)18(21)20-8-6-15(7-9-20)14-19-10-12-23-13-11-19/h2-5,15H,6-14H2,1H3. The van der Waals surface area contributed by atoms with Crippen LogP contribution in [-0.2, 0) is 4.74 Å². The summed E-state index contributed by atoms with van der Waals surface area (Å²) in [5, 5.41) is 0. The Bertz CT molecular complexity index is 521. The number of carbonyl (C=O) groups excluding carboxylic acids is 1. The van der Waals surface area contributed by atoms with Crippen LogP contribution < -0.4 is 4.74 Å². The minimum absolute atomic E-state index is 0.0901. The largest absolute Gasteiger partial charge is 0.496 e. The van der Waals surface area contributed by atoms with E-state index in [0.29, 0.717) is 17.2 Å². The third kappa shape index (κ3) is 4.03. The number of likely N-dealkylation sites (tertiary alicyclic amines) is 1. The molecule has 126 valence electrons. The number of morpholine rings is 1. The zero-order valence-corrected chi connectivity index (χ0v) is 13.9. The predicted octanol–water partition coefficient (Wildman–Crippen LogP) is 1.88. The Morgan fingerprint density at radius 1 is 1.17 bits per heavy atom. The molecule has 0 aromatic heterocycles. The van der Waals surface area contributed by atoms with Crippen LogP contribution in [0.5, 0.6) is 5.75 Å². The maximum atomic E-state index is 12.7. The molecule has 0 unspecified atom stereocenters. The molecule has 5 nitrogen and oxygen atoms in total. The quantitative estimate of drug-likeness (QED) is 0.850. The number of carbonyl (C=O) groups is 1. The molecule has 2 aliphatic heterocycles. The molecule has 1 aromatic carbocycles. The molecule has 2 aliphatic rings. The maximum absolute atomic E-state index is 12.7. The Morgan fingerprint density at radius 2 is 1.87 bits per heavy atom. The molecule has 5 heteroatoms. The molecule has 0 atom stereocenters. The van der Waals surface area contributed by atoms with Crippen molar-refractivity contribution in [3.8, 4) is 5.75 Å². The van der Waals surface area contributed by atoms with Gasteiger partial charge in [-0.15, -0.1) is 0 Å². The topological polar surface area (TPSA) is 42.0 Å². The highest BCUT2D eigenvalue weighted by Gasteiger charge is 2.26. The monoisotopic (exact) mass is 318 g/mol. The summed E-state index contributed by atoms with van der Waals surface area (Å²) in [6, 6.07) is 7.48. The Hall–Kier alpha value is -1.59. The van der Waals surface area contributed by atoms with Gasteiger partial charge in [0.05, 0.1) is 25.9 Å². The van der Waals surface area contributed by atoms with E-state index in [1.54, 1.807) is 7.11 Å². The van der Waals surface area contributed by atoms with Gasteiger partial charge in [0.15, 0.2) is 0 Å². The van der Waals surface area contributed by atoms with Crippen molar-refractivity contribution in [2.45, 2.75) is 12.8 Å². The van der Waals surface area contributed by atoms with Crippen LogP contribution in [0.1, 0.15) is 23.2 Å². The van der Waals surface area contributed by atoms with Crippen molar-refractivity contribution < 1.29 is 14.3 Å². The molecule has 1 amide bonds. The molecule has 0 radical (unpaired) electrons. The van der Waals surface area contributed by atoms with Crippen LogP contribution >= 0.6 is 0 Å². The van der Waals surface area contributed by atoms with E-state index in [-0.39, 0.29) is 5.91 Å². The van der Waals surface area contributed by atoms with Crippen molar-refractivity contribution in [1.29, 1.82) is 0 Å². The molecule has 2 saturated heterocycles. The number of piperidine rings is 1. The van der Waals surface area contributed by atoms with Crippen molar-refractivity contribution in [3.63, 3.8) is 0 Å². The minimum atomic E-state index is 0.0901. The van der Waals surface area contributed by atoms with Crippen molar-refractivity contribution >= 4 is 5.91 Å². The van der Waals surface area contributed by atoms with E-state index in [1.165, 1.54) is 0 Å². The Morgan fingerprint density at radius 3 is 2.57 bits per heavy atom. The predicted molar refractivity (Wildman–Crippen MR) is 88.9 cm³/mol. The number of rotatable bonds is 4. The molecule has 0 spiro atoms. The molecule has 2 fully saturated rings. The zero-order chi connectivity index (χ0) is 16.1. The van der Waals surface area contributed by atoms with Crippen LogP contribution in [0.4, 0.5) is 0 Å². The number of hydrogen-bond acceptors (Lipinski definition) is 4. The van der Waals surface area contributed by atoms with Crippen LogP contribution in [-0.4, -0.2) is 68.8 Å². The van der Waals surface area contributed by atoms with Gasteiger partial charge in [-0.25, -0.2) is 0 Å². The fourth-order valence-electron chi connectivity index (χ4n) is 3.46. The number of methoxy groups -OCH3 is 1. The number of nitrogens with zero attached hydrogens (tertiary/aromatic N) is 2. The molecular formula is C18H26N2O3. The van der Waals surface area contributed by atoms with Gasteiger partial charge in [-0.3, -0.25) is 9.69 Å². The second-order valence-corrected chi connectivity index (χ2v) is 6.35. The van der Waals surface area contributed by atoms with Crippen LogP contribution in [0, 0.1) is 5.92 Å². The molecule has 23 heavy (non-hydrogen) atoms. The van der Waals surface area contributed by atoms with Crippen molar-refractivity contribution in [2.24, 2.45) is 5.92 Å². The lowest BCUT2D eigenvalue weighted by Crippen LogP contribution is -2.44. The van der Waals surface area contributed by atoms with Crippen molar-refractivity contribution in [1.82, 2.24) is 9.80 Å². The van der Waals surface area contributed by atoms with E-state index in [4.69, 9.17) is 9.47 Å². The van der Waals surface area contributed by atoms with Gasteiger partial charge in [0.1, 0.15) is 5.75 Å². The lowest BCUT2D eigenvalue weighted by atomic mass is 9.95. The summed E-state index contributed by atoms with van der Waals surface area (Å²) in [6.07, 6.45) is 2.16. The van der Waals surface area contributed by atoms with Gasteiger partial charge in [0.2, 0.25) is 0 Å². The first kappa shape index (κ1) is 16.3. The molecule has 0 N–H and O–H groups in total. The lowest BCUT2D eigenvalue weighted by Gasteiger charge is -2.36. The number of amides is 1. The molecule has 1 aromatic rings. The Kier molecular flexibility index (Phi) is 5.51. The highest BCUT2D eigenvalue weighted by molar-refractivity contribution is 5.97. The smallest absolute Gasteiger partial charge is 0.257 e. The van der Waals surface area contributed by atoms with E-state index in [0.717, 1.165) is 58.8 Å². The summed E-state index contributed by atoms with van der Waals surface area (Å²) < 4.78 is 10.7. The molecular weight excluding hydrogens is 292 g/mol. The Balaban J connectivity index is 1.53. The van der Waals surface area contributed by atoms with Gasteiger partial charge in [0, 0.05) is 32.7 Å². The summed E-state index contributed by atoms with van der Waals surface area (Å²) >= 11 is 0. The summed E-state index contributed by atoms with van der Waals surface area (Å²) in [4.78, 5) is 17.2. The first-order valence-corrected chi connectivity index (χ1v) is 8.50. The van der Waals surface area contributed by atoms with E-state index in [2.05, 4.69) is 4.90 Å². The molecule has 0 bridgehead atoms. The third-order valence-electron chi connectivity index (χ3n) is 4.86.